The van der Waals surface area contributed by atoms with Gasteiger partial charge in [-0.25, -0.2) is 4.98 Å². The molecule has 0 fully saturated rings. The van der Waals surface area contributed by atoms with Crippen LogP contribution in [-0.2, 0) is 11.3 Å². The smallest absolute Gasteiger partial charge is 0.258 e. The Hall–Kier alpha value is -1.89. The second-order valence-electron chi connectivity index (χ2n) is 3.45. The number of amides is 1. The molecule has 0 aliphatic rings. The second-order valence-corrected chi connectivity index (χ2v) is 4.37. The Labute approximate surface area is 112 Å². The van der Waals surface area contributed by atoms with Crippen molar-refractivity contribution >= 4 is 21.8 Å². The predicted molar refractivity (Wildman–Crippen MR) is 67.9 cm³/mol. The summed E-state index contributed by atoms with van der Waals surface area (Å²) in [5.41, 5.74) is 0. The van der Waals surface area contributed by atoms with Crippen molar-refractivity contribution in [1.82, 2.24) is 20.5 Å². The van der Waals surface area contributed by atoms with Crippen LogP contribution < -0.4 is 10.1 Å². The van der Waals surface area contributed by atoms with E-state index in [4.69, 9.17) is 4.74 Å². The van der Waals surface area contributed by atoms with Gasteiger partial charge < -0.3 is 10.1 Å². The maximum atomic E-state index is 11.5. The highest BCUT2D eigenvalue weighted by molar-refractivity contribution is 9.10. The van der Waals surface area contributed by atoms with Crippen molar-refractivity contribution in [2.75, 3.05) is 6.61 Å². The lowest BCUT2D eigenvalue weighted by Crippen LogP contribution is -2.28. The molecule has 2 rings (SSSR count). The molecule has 18 heavy (non-hydrogen) atoms. The summed E-state index contributed by atoms with van der Waals surface area (Å²) in [6.07, 6.45) is 1.39. The maximum absolute atomic E-state index is 11.5. The van der Waals surface area contributed by atoms with Crippen LogP contribution in [0.5, 0.6) is 5.75 Å². The van der Waals surface area contributed by atoms with Crippen LogP contribution in [0.4, 0.5) is 0 Å². The summed E-state index contributed by atoms with van der Waals surface area (Å²) >= 11 is 3.32. The molecule has 0 saturated carbocycles. The number of H-pyrrole nitrogens is 1. The zero-order valence-electron chi connectivity index (χ0n) is 9.39. The zero-order chi connectivity index (χ0) is 12.8. The van der Waals surface area contributed by atoms with Gasteiger partial charge in [0, 0.05) is 4.47 Å². The molecule has 1 heterocycles. The van der Waals surface area contributed by atoms with E-state index in [-0.39, 0.29) is 12.5 Å². The van der Waals surface area contributed by atoms with Crippen molar-refractivity contribution in [1.29, 1.82) is 0 Å². The highest BCUT2D eigenvalue weighted by Gasteiger charge is 2.03. The van der Waals surface area contributed by atoms with Gasteiger partial charge in [0.15, 0.2) is 6.61 Å². The lowest BCUT2D eigenvalue weighted by molar-refractivity contribution is -0.123. The number of nitrogens with one attached hydrogen (secondary N) is 2. The number of hydrogen-bond acceptors (Lipinski definition) is 4. The summed E-state index contributed by atoms with van der Waals surface area (Å²) in [5, 5.41) is 8.99. The van der Waals surface area contributed by atoms with Crippen molar-refractivity contribution in [2.45, 2.75) is 6.54 Å². The summed E-state index contributed by atoms with van der Waals surface area (Å²) in [4.78, 5) is 15.4. The fourth-order valence-electron chi connectivity index (χ4n) is 1.23. The highest BCUT2D eigenvalue weighted by Crippen LogP contribution is 2.15. The van der Waals surface area contributed by atoms with Gasteiger partial charge in [0.1, 0.15) is 17.9 Å². The second kappa shape index (κ2) is 6.15. The van der Waals surface area contributed by atoms with E-state index in [1.165, 1.54) is 6.33 Å². The third kappa shape index (κ3) is 3.85. The van der Waals surface area contributed by atoms with Crippen LogP contribution in [0, 0.1) is 0 Å². The largest absolute Gasteiger partial charge is 0.484 e. The predicted octanol–water partition coefficient (Wildman–Crippen LogP) is 1.26. The first-order valence-corrected chi connectivity index (χ1v) is 6.02. The van der Waals surface area contributed by atoms with E-state index in [1.54, 1.807) is 12.1 Å². The van der Waals surface area contributed by atoms with E-state index in [0.29, 0.717) is 18.1 Å². The Bertz CT molecular complexity index is 498. The van der Waals surface area contributed by atoms with Gasteiger partial charge in [-0.3, -0.25) is 9.89 Å². The van der Waals surface area contributed by atoms with Crippen LogP contribution in [0.1, 0.15) is 5.82 Å². The molecule has 94 valence electrons. The van der Waals surface area contributed by atoms with Gasteiger partial charge in [-0.15, -0.1) is 0 Å². The molecule has 1 aromatic carbocycles. The van der Waals surface area contributed by atoms with Gasteiger partial charge in [-0.2, -0.15) is 5.10 Å². The first kappa shape index (κ1) is 12.6. The zero-order valence-corrected chi connectivity index (χ0v) is 11.0. The van der Waals surface area contributed by atoms with Crippen molar-refractivity contribution in [3.8, 4) is 5.75 Å². The van der Waals surface area contributed by atoms with Crippen molar-refractivity contribution in [3.05, 3.63) is 40.9 Å². The number of nitrogens with zero attached hydrogens (tertiary/aromatic N) is 2. The minimum absolute atomic E-state index is 0.0320. The Morgan fingerprint density at radius 3 is 2.83 bits per heavy atom. The Morgan fingerprint density at radius 2 is 2.17 bits per heavy atom. The summed E-state index contributed by atoms with van der Waals surface area (Å²) in [5.74, 6) is 1.04. The number of aromatic nitrogens is 3. The lowest BCUT2D eigenvalue weighted by atomic mass is 10.3. The average Bonchev–Trinajstić information content (AvgIpc) is 2.89. The Kier molecular flexibility index (Phi) is 4.30. The highest BCUT2D eigenvalue weighted by atomic mass is 79.9. The third-order valence-electron chi connectivity index (χ3n) is 2.10. The molecule has 2 aromatic rings. The van der Waals surface area contributed by atoms with E-state index in [1.807, 2.05) is 12.1 Å². The summed E-state index contributed by atoms with van der Waals surface area (Å²) in [7, 11) is 0. The fraction of sp³-hybridized carbons (Fsp3) is 0.182. The number of ether oxygens (including phenoxy) is 1. The molecule has 7 heteroatoms. The molecule has 0 aliphatic heterocycles. The minimum Gasteiger partial charge on any atom is -0.484 e. The van der Waals surface area contributed by atoms with Gasteiger partial charge in [0.25, 0.3) is 5.91 Å². The Morgan fingerprint density at radius 1 is 1.39 bits per heavy atom. The normalized spacial score (nSPS) is 10.1. The van der Waals surface area contributed by atoms with Gasteiger partial charge in [0.2, 0.25) is 0 Å². The number of carbonyl (C=O) groups is 1. The topological polar surface area (TPSA) is 79.9 Å². The molecule has 0 spiro atoms. The molecule has 2 N–H and O–H groups in total. The minimum atomic E-state index is -0.214. The number of rotatable bonds is 5. The standard InChI is InChI=1S/C11H11BrN4O2/c12-8-1-3-9(4-2-8)18-6-11(17)13-5-10-14-7-15-16-10/h1-4,7H,5-6H2,(H,13,17)(H,14,15,16). The van der Waals surface area contributed by atoms with Crippen LogP contribution in [-0.4, -0.2) is 27.7 Å². The van der Waals surface area contributed by atoms with Crippen LogP contribution in [0.2, 0.25) is 0 Å². The maximum Gasteiger partial charge on any atom is 0.258 e. The number of halogens is 1. The quantitative estimate of drug-likeness (QED) is 0.871. The SMILES string of the molecule is O=C(COc1ccc(Br)cc1)NCc1ncn[nH]1. The average molecular weight is 311 g/mol. The summed E-state index contributed by atoms with van der Waals surface area (Å²) in [6.45, 7) is 0.276. The van der Waals surface area contributed by atoms with Gasteiger partial charge in [-0.1, -0.05) is 15.9 Å². The van der Waals surface area contributed by atoms with Crippen LogP contribution >= 0.6 is 15.9 Å². The summed E-state index contributed by atoms with van der Waals surface area (Å²) < 4.78 is 6.28. The Balaban J connectivity index is 1.73. The molecule has 0 bridgehead atoms. The van der Waals surface area contributed by atoms with E-state index in [0.717, 1.165) is 4.47 Å². The molecular formula is C11H11BrN4O2. The van der Waals surface area contributed by atoms with E-state index < -0.39 is 0 Å². The van der Waals surface area contributed by atoms with E-state index >= 15 is 0 Å². The first-order chi connectivity index (χ1) is 8.74. The molecule has 0 aliphatic carbocycles. The van der Waals surface area contributed by atoms with Crippen molar-refractivity contribution in [3.63, 3.8) is 0 Å². The van der Waals surface area contributed by atoms with E-state index in [9.17, 15) is 4.79 Å². The molecule has 1 amide bonds. The fourth-order valence-corrected chi connectivity index (χ4v) is 1.49. The number of hydrogen-bond donors (Lipinski definition) is 2. The molecule has 0 atom stereocenters. The summed E-state index contributed by atoms with van der Waals surface area (Å²) in [6, 6.07) is 7.27. The third-order valence-corrected chi connectivity index (χ3v) is 2.63. The van der Waals surface area contributed by atoms with Crippen LogP contribution in [0.3, 0.4) is 0 Å². The number of aromatic amines is 1. The van der Waals surface area contributed by atoms with Gasteiger partial charge in [0.05, 0.1) is 6.54 Å². The van der Waals surface area contributed by atoms with Crippen molar-refractivity contribution in [2.24, 2.45) is 0 Å². The van der Waals surface area contributed by atoms with Gasteiger partial charge >= 0.3 is 0 Å². The first-order valence-electron chi connectivity index (χ1n) is 5.23. The molecule has 1 aromatic heterocycles. The molecule has 0 radical (unpaired) electrons. The van der Waals surface area contributed by atoms with Gasteiger partial charge in [-0.05, 0) is 24.3 Å². The molecule has 0 unspecified atom stereocenters. The number of benzene rings is 1. The van der Waals surface area contributed by atoms with Crippen LogP contribution in [0.25, 0.3) is 0 Å². The molecular weight excluding hydrogens is 300 g/mol. The molecule has 0 saturated heterocycles. The monoisotopic (exact) mass is 310 g/mol. The lowest BCUT2D eigenvalue weighted by Gasteiger charge is -2.06. The van der Waals surface area contributed by atoms with Crippen LogP contribution in [0.15, 0.2) is 35.1 Å². The van der Waals surface area contributed by atoms with E-state index in [2.05, 4.69) is 36.4 Å². The molecule has 6 nitrogen and oxygen atoms in total. The van der Waals surface area contributed by atoms with Crippen molar-refractivity contribution < 1.29 is 9.53 Å². The number of carbonyl (C=O) groups excluding carboxylic acids is 1.